The molecule has 0 atom stereocenters. The van der Waals surface area contributed by atoms with Crippen molar-refractivity contribution in [1.29, 1.82) is 0 Å². The largest absolute Gasteiger partial charge is 0.329 e. The van der Waals surface area contributed by atoms with E-state index in [0.717, 1.165) is 16.7 Å². The van der Waals surface area contributed by atoms with Crippen LogP contribution in [0.1, 0.15) is 23.6 Å². The van der Waals surface area contributed by atoms with E-state index in [1.165, 1.54) is 0 Å². The van der Waals surface area contributed by atoms with E-state index in [1.54, 1.807) is 19.1 Å². The molecule has 2 N–H and O–H groups in total. The molecule has 2 aromatic carbocycles. The van der Waals surface area contributed by atoms with Gasteiger partial charge in [-0.3, -0.25) is 9.59 Å². The summed E-state index contributed by atoms with van der Waals surface area (Å²) in [7, 11) is 0. The van der Waals surface area contributed by atoms with Crippen LogP contribution in [-0.4, -0.2) is 17.5 Å². The van der Waals surface area contributed by atoms with E-state index in [1.807, 2.05) is 62.4 Å². The summed E-state index contributed by atoms with van der Waals surface area (Å²) in [5, 5.41) is 6.49. The van der Waals surface area contributed by atoms with E-state index in [2.05, 4.69) is 15.8 Å². The number of carbonyl (C=O) groups excluding carboxylic acids is 2. The van der Waals surface area contributed by atoms with Gasteiger partial charge in [0, 0.05) is 5.69 Å². The molecule has 128 valence electrons. The Morgan fingerprint density at radius 2 is 1.72 bits per heavy atom. The van der Waals surface area contributed by atoms with Crippen LogP contribution in [0.4, 0.5) is 5.69 Å². The Balaban J connectivity index is 1.92. The molecule has 0 saturated heterocycles. The fourth-order valence-electron chi connectivity index (χ4n) is 2.14. The highest BCUT2D eigenvalue weighted by molar-refractivity contribution is 6.39. The zero-order valence-electron chi connectivity index (χ0n) is 14.5. The number of nitrogens with one attached hydrogen (secondary N) is 2. The van der Waals surface area contributed by atoms with Crippen LogP contribution in [0.15, 0.2) is 59.7 Å². The van der Waals surface area contributed by atoms with Gasteiger partial charge in [-0.2, -0.15) is 5.10 Å². The Morgan fingerprint density at radius 3 is 2.40 bits per heavy atom. The molecule has 0 unspecified atom stereocenters. The summed E-state index contributed by atoms with van der Waals surface area (Å²) in [5.74, 6) is -1.57. The minimum absolute atomic E-state index is 0.580. The predicted molar refractivity (Wildman–Crippen MR) is 101 cm³/mol. The van der Waals surface area contributed by atoms with E-state index < -0.39 is 11.8 Å². The van der Waals surface area contributed by atoms with Crippen LogP contribution in [0.3, 0.4) is 0 Å². The van der Waals surface area contributed by atoms with Gasteiger partial charge in [-0.05, 0) is 44.0 Å². The second-order valence-corrected chi connectivity index (χ2v) is 5.71. The van der Waals surface area contributed by atoms with Crippen LogP contribution in [-0.2, 0) is 9.59 Å². The number of nitrogens with zero attached hydrogens (tertiary/aromatic N) is 1. The van der Waals surface area contributed by atoms with E-state index in [0.29, 0.717) is 11.4 Å². The van der Waals surface area contributed by atoms with Crippen LogP contribution >= 0.6 is 0 Å². The Morgan fingerprint density at radius 1 is 1.00 bits per heavy atom. The molecule has 0 bridgehead atoms. The summed E-state index contributed by atoms with van der Waals surface area (Å²) in [6.07, 6.45) is 3.64. The van der Waals surface area contributed by atoms with Gasteiger partial charge in [0.15, 0.2) is 0 Å². The number of benzene rings is 2. The number of rotatable bonds is 4. The first-order valence-electron chi connectivity index (χ1n) is 7.91. The van der Waals surface area contributed by atoms with Crippen molar-refractivity contribution in [3.8, 4) is 0 Å². The molecule has 0 aliphatic heterocycles. The normalized spacial score (nSPS) is 11.4. The molecular weight excluding hydrogens is 314 g/mol. The van der Waals surface area contributed by atoms with E-state index in [9.17, 15) is 9.59 Å². The lowest BCUT2D eigenvalue weighted by Crippen LogP contribution is -2.33. The highest BCUT2D eigenvalue weighted by Crippen LogP contribution is 2.15. The third-order valence-electron chi connectivity index (χ3n) is 3.49. The van der Waals surface area contributed by atoms with E-state index in [4.69, 9.17) is 0 Å². The van der Waals surface area contributed by atoms with Crippen LogP contribution in [0.2, 0.25) is 0 Å². The molecule has 2 amide bonds. The third kappa shape index (κ3) is 5.73. The van der Waals surface area contributed by atoms with Crippen LogP contribution in [0.5, 0.6) is 0 Å². The van der Waals surface area contributed by atoms with Gasteiger partial charge < -0.3 is 5.32 Å². The van der Waals surface area contributed by atoms with Crippen LogP contribution < -0.4 is 10.7 Å². The Labute approximate surface area is 147 Å². The predicted octanol–water partition coefficient (Wildman–Crippen LogP) is 3.45. The van der Waals surface area contributed by atoms with Crippen molar-refractivity contribution in [3.05, 3.63) is 71.3 Å². The number of carbonyl (C=O) groups is 2. The molecule has 2 rings (SSSR count). The lowest BCUT2D eigenvalue weighted by Gasteiger charge is -2.08. The minimum Gasteiger partial charge on any atom is -0.317 e. The number of anilines is 1. The zero-order chi connectivity index (χ0) is 18.2. The average molecular weight is 335 g/mol. The number of hydrogen-bond donors (Lipinski definition) is 2. The SMILES string of the molecule is CC(/C=C/c1ccccc1)=N\NC(=O)C(=O)Nc1ccc(C)cc1C. The quantitative estimate of drug-likeness (QED) is 0.510. The Bertz CT molecular complexity index is 824. The van der Waals surface area contributed by atoms with Gasteiger partial charge in [0.05, 0.1) is 5.71 Å². The first-order chi connectivity index (χ1) is 12.0. The van der Waals surface area contributed by atoms with Gasteiger partial charge in [-0.15, -0.1) is 0 Å². The number of aryl methyl sites for hydroxylation is 2. The lowest BCUT2D eigenvalue weighted by atomic mass is 10.1. The number of amides is 2. The smallest absolute Gasteiger partial charge is 0.317 e. The van der Waals surface area contributed by atoms with Gasteiger partial charge in [-0.1, -0.05) is 54.1 Å². The van der Waals surface area contributed by atoms with Gasteiger partial charge in [0.2, 0.25) is 0 Å². The molecule has 5 nitrogen and oxygen atoms in total. The number of allylic oxidation sites excluding steroid dienone is 1. The number of hydrogen-bond acceptors (Lipinski definition) is 3. The van der Waals surface area contributed by atoms with Gasteiger partial charge >= 0.3 is 11.8 Å². The molecule has 0 saturated carbocycles. The van der Waals surface area contributed by atoms with Crippen molar-refractivity contribution in [3.63, 3.8) is 0 Å². The molecule has 0 spiro atoms. The lowest BCUT2D eigenvalue weighted by molar-refractivity contribution is -0.136. The summed E-state index contributed by atoms with van der Waals surface area (Å²) < 4.78 is 0. The van der Waals surface area contributed by atoms with Crippen molar-refractivity contribution in [2.75, 3.05) is 5.32 Å². The third-order valence-corrected chi connectivity index (χ3v) is 3.49. The number of hydrazone groups is 1. The van der Waals surface area contributed by atoms with Crippen molar-refractivity contribution >= 4 is 29.3 Å². The van der Waals surface area contributed by atoms with Gasteiger partial charge in [0.25, 0.3) is 0 Å². The highest BCUT2D eigenvalue weighted by atomic mass is 16.2. The average Bonchev–Trinajstić information content (AvgIpc) is 2.61. The first-order valence-corrected chi connectivity index (χ1v) is 7.91. The molecule has 0 aliphatic rings. The maximum Gasteiger partial charge on any atom is 0.329 e. The van der Waals surface area contributed by atoms with Crippen molar-refractivity contribution in [2.24, 2.45) is 5.10 Å². The molecular formula is C20H21N3O2. The van der Waals surface area contributed by atoms with Crippen LogP contribution in [0.25, 0.3) is 6.08 Å². The van der Waals surface area contributed by atoms with Crippen molar-refractivity contribution in [2.45, 2.75) is 20.8 Å². The molecule has 2 aromatic rings. The van der Waals surface area contributed by atoms with Gasteiger partial charge in [-0.25, -0.2) is 5.43 Å². The summed E-state index contributed by atoms with van der Waals surface area (Å²) in [6, 6.07) is 15.3. The maximum absolute atomic E-state index is 11.9. The molecule has 0 heterocycles. The van der Waals surface area contributed by atoms with Gasteiger partial charge in [0.1, 0.15) is 0 Å². The van der Waals surface area contributed by atoms with Crippen molar-refractivity contribution < 1.29 is 9.59 Å². The fraction of sp³-hybridized carbons (Fsp3) is 0.150. The summed E-state index contributed by atoms with van der Waals surface area (Å²) in [6.45, 7) is 5.57. The van der Waals surface area contributed by atoms with E-state index in [-0.39, 0.29) is 0 Å². The second-order valence-electron chi connectivity index (χ2n) is 5.71. The fourth-order valence-corrected chi connectivity index (χ4v) is 2.14. The molecule has 0 aromatic heterocycles. The zero-order valence-corrected chi connectivity index (χ0v) is 14.5. The van der Waals surface area contributed by atoms with E-state index >= 15 is 0 Å². The first kappa shape index (κ1) is 18.1. The summed E-state index contributed by atoms with van der Waals surface area (Å²) in [4.78, 5) is 23.8. The molecule has 0 fully saturated rings. The van der Waals surface area contributed by atoms with Crippen molar-refractivity contribution in [1.82, 2.24) is 5.43 Å². The monoisotopic (exact) mass is 335 g/mol. The maximum atomic E-state index is 11.9. The summed E-state index contributed by atoms with van der Waals surface area (Å²) in [5.41, 5.74) is 6.45. The second kappa shape index (κ2) is 8.59. The minimum atomic E-state index is -0.813. The Hall–Kier alpha value is -3.21. The van der Waals surface area contributed by atoms with Crippen LogP contribution in [0, 0.1) is 13.8 Å². The molecule has 25 heavy (non-hydrogen) atoms. The Kier molecular flexibility index (Phi) is 6.23. The summed E-state index contributed by atoms with van der Waals surface area (Å²) >= 11 is 0. The molecule has 0 aliphatic carbocycles. The topological polar surface area (TPSA) is 70.6 Å². The standard InChI is InChI=1S/C20H21N3O2/c1-14-9-12-18(15(2)13-14)21-19(24)20(25)23-22-16(3)10-11-17-7-5-4-6-8-17/h4-13H,1-3H3,(H,21,24)(H,23,25)/b11-10+,22-16+. The highest BCUT2D eigenvalue weighted by Gasteiger charge is 2.14. The molecule has 5 heteroatoms. The molecule has 0 radical (unpaired) electrons.